The monoisotopic (exact) mass is 209 g/mol. The molecular formula is C10H12ClN3. The van der Waals surface area contributed by atoms with E-state index >= 15 is 0 Å². The van der Waals surface area contributed by atoms with Crippen molar-refractivity contribution in [1.29, 1.82) is 5.26 Å². The summed E-state index contributed by atoms with van der Waals surface area (Å²) < 4.78 is 0. The fourth-order valence-corrected chi connectivity index (χ4v) is 1.33. The third-order valence-corrected chi connectivity index (χ3v) is 2.14. The van der Waals surface area contributed by atoms with Gasteiger partial charge in [-0.05, 0) is 25.1 Å². The lowest BCUT2D eigenvalue weighted by molar-refractivity contribution is 0.874. The molecule has 0 fully saturated rings. The Morgan fingerprint density at radius 3 is 2.93 bits per heavy atom. The third-order valence-electron chi connectivity index (χ3n) is 1.82. The molecule has 14 heavy (non-hydrogen) atoms. The molecule has 3 N–H and O–H groups in total. The van der Waals surface area contributed by atoms with Gasteiger partial charge in [-0.1, -0.05) is 17.7 Å². The highest BCUT2D eigenvalue weighted by Crippen LogP contribution is 2.22. The number of nitrogens with one attached hydrogen (secondary N) is 1. The second-order valence-electron chi connectivity index (χ2n) is 2.84. The predicted octanol–water partition coefficient (Wildman–Crippen LogP) is 1.97. The van der Waals surface area contributed by atoms with Gasteiger partial charge in [-0.25, -0.2) is 0 Å². The summed E-state index contributed by atoms with van der Waals surface area (Å²) in [5.41, 5.74) is 6.63. The summed E-state index contributed by atoms with van der Waals surface area (Å²) >= 11 is 5.86. The Balaban J connectivity index is 2.76. The van der Waals surface area contributed by atoms with E-state index < -0.39 is 0 Å². The van der Waals surface area contributed by atoms with Crippen LogP contribution >= 0.6 is 11.6 Å². The first-order valence-electron chi connectivity index (χ1n) is 4.42. The highest BCUT2D eigenvalue weighted by Gasteiger charge is 2.04. The summed E-state index contributed by atoms with van der Waals surface area (Å²) in [7, 11) is 0. The molecule has 0 heterocycles. The molecule has 0 aliphatic carbocycles. The Hall–Kier alpha value is -1.24. The van der Waals surface area contributed by atoms with Crippen LogP contribution in [0.3, 0.4) is 0 Å². The lowest BCUT2D eigenvalue weighted by Crippen LogP contribution is -2.09. The molecule has 1 rings (SSSR count). The molecule has 0 aliphatic heterocycles. The number of halogens is 1. The van der Waals surface area contributed by atoms with E-state index in [0.29, 0.717) is 17.1 Å². The van der Waals surface area contributed by atoms with Crippen LogP contribution in [0.5, 0.6) is 0 Å². The normalized spacial score (nSPS) is 9.50. The van der Waals surface area contributed by atoms with E-state index in [1.807, 2.05) is 12.1 Å². The van der Waals surface area contributed by atoms with Crippen LogP contribution in [-0.4, -0.2) is 13.1 Å². The number of hydrogen-bond acceptors (Lipinski definition) is 3. The summed E-state index contributed by atoms with van der Waals surface area (Å²) in [6.45, 7) is 1.39. The molecule has 0 amide bonds. The number of nitrogens with two attached hydrogens (primary N) is 1. The molecule has 74 valence electrons. The highest BCUT2D eigenvalue weighted by atomic mass is 35.5. The fourth-order valence-electron chi connectivity index (χ4n) is 1.11. The number of hydrogen-bond donors (Lipinski definition) is 2. The summed E-state index contributed by atoms with van der Waals surface area (Å²) in [5, 5.41) is 12.5. The van der Waals surface area contributed by atoms with E-state index in [2.05, 4.69) is 11.4 Å². The molecule has 0 unspecified atom stereocenters. The minimum Gasteiger partial charge on any atom is -0.384 e. The molecule has 0 spiro atoms. The van der Waals surface area contributed by atoms with Crippen LogP contribution in [0.2, 0.25) is 5.02 Å². The van der Waals surface area contributed by atoms with E-state index in [4.69, 9.17) is 22.6 Å². The maximum atomic E-state index is 8.86. The summed E-state index contributed by atoms with van der Waals surface area (Å²) in [6.07, 6.45) is 0.872. The zero-order chi connectivity index (χ0) is 10.4. The van der Waals surface area contributed by atoms with E-state index in [9.17, 15) is 0 Å². The van der Waals surface area contributed by atoms with Gasteiger partial charge < -0.3 is 11.1 Å². The number of anilines is 1. The lowest BCUT2D eigenvalue weighted by Gasteiger charge is -2.07. The van der Waals surface area contributed by atoms with Crippen molar-refractivity contribution in [2.45, 2.75) is 6.42 Å². The van der Waals surface area contributed by atoms with Crippen molar-refractivity contribution in [2.75, 3.05) is 18.4 Å². The average molecular weight is 210 g/mol. The van der Waals surface area contributed by atoms with E-state index in [1.165, 1.54) is 0 Å². The van der Waals surface area contributed by atoms with Gasteiger partial charge in [-0.15, -0.1) is 0 Å². The number of nitriles is 1. The van der Waals surface area contributed by atoms with Crippen molar-refractivity contribution >= 4 is 17.3 Å². The molecule has 1 aromatic rings. The number of rotatable bonds is 4. The van der Waals surface area contributed by atoms with Gasteiger partial charge in [0.1, 0.15) is 6.07 Å². The Morgan fingerprint density at radius 2 is 2.29 bits per heavy atom. The standard InChI is InChI=1S/C10H12ClN3/c11-9-3-1-4-10(8(9)7-13)14-6-2-5-12/h1,3-4,14H,2,5-6,12H2. The average Bonchev–Trinajstić information content (AvgIpc) is 2.18. The number of benzene rings is 1. The van der Waals surface area contributed by atoms with E-state index in [-0.39, 0.29) is 0 Å². The Kier molecular flexibility index (Phi) is 4.24. The molecule has 0 aliphatic rings. The topological polar surface area (TPSA) is 61.8 Å². The molecule has 0 saturated heterocycles. The highest BCUT2D eigenvalue weighted by molar-refractivity contribution is 6.32. The quantitative estimate of drug-likeness (QED) is 0.746. The zero-order valence-corrected chi connectivity index (χ0v) is 8.51. The SMILES string of the molecule is N#Cc1c(Cl)cccc1NCCCN. The van der Waals surface area contributed by atoms with Crippen LogP contribution in [0.25, 0.3) is 0 Å². The predicted molar refractivity (Wildman–Crippen MR) is 58.3 cm³/mol. The van der Waals surface area contributed by atoms with Crippen molar-refractivity contribution < 1.29 is 0 Å². The van der Waals surface area contributed by atoms with Crippen LogP contribution in [0.1, 0.15) is 12.0 Å². The molecule has 1 aromatic carbocycles. The first-order chi connectivity index (χ1) is 6.79. The maximum Gasteiger partial charge on any atom is 0.103 e. The van der Waals surface area contributed by atoms with Crippen LogP contribution in [0, 0.1) is 11.3 Å². The molecule has 0 radical (unpaired) electrons. The van der Waals surface area contributed by atoms with E-state index in [1.54, 1.807) is 6.07 Å². The van der Waals surface area contributed by atoms with Crippen LogP contribution in [0.15, 0.2) is 18.2 Å². The van der Waals surface area contributed by atoms with Gasteiger partial charge in [0.15, 0.2) is 0 Å². The zero-order valence-electron chi connectivity index (χ0n) is 7.76. The minimum atomic E-state index is 0.477. The van der Waals surface area contributed by atoms with Gasteiger partial charge in [0, 0.05) is 6.54 Å². The molecule has 0 bridgehead atoms. The van der Waals surface area contributed by atoms with Crippen molar-refractivity contribution in [3.8, 4) is 6.07 Å². The van der Waals surface area contributed by atoms with Gasteiger partial charge in [0.2, 0.25) is 0 Å². The lowest BCUT2D eigenvalue weighted by atomic mass is 10.2. The van der Waals surface area contributed by atoms with Crippen molar-refractivity contribution in [1.82, 2.24) is 0 Å². The molecule has 0 atom stereocenters. The molecule has 0 saturated carbocycles. The minimum absolute atomic E-state index is 0.477. The van der Waals surface area contributed by atoms with Gasteiger partial charge >= 0.3 is 0 Å². The van der Waals surface area contributed by atoms with Crippen LogP contribution in [-0.2, 0) is 0 Å². The summed E-state index contributed by atoms with van der Waals surface area (Å²) in [5.74, 6) is 0. The van der Waals surface area contributed by atoms with E-state index in [0.717, 1.165) is 18.7 Å². The van der Waals surface area contributed by atoms with Crippen LogP contribution < -0.4 is 11.1 Å². The van der Waals surface area contributed by atoms with Crippen molar-refractivity contribution in [3.63, 3.8) is 0 Å². The van der Waals surface area contributed by atoms with Crippen LogP contribution in [0.4, 0.5) is 5.69 Å². The maximum absolute atomic E-state index is 8.86. The largest absolute Gasteiger partial charge is 0.384 e. The van der Waals surface area contributed by atoms with Crippen molar-refractivity contribution in [2.24, 2.45) is 5.73 Å². The van der Waals surface area contributed by atoms with Gasteiger partial charge in [-0.2, -0.15) is 5.26 Å². The van der Waals surface area contributed by atoms with Gasteiger partial charge in [0.05, 0.1) is 16.3 Å². The smallest absolute Gasteiger partial charge is 0.103 e. The Bertz CT molecular complexity index is 344. The van der Waals surface area contributed by atoms with Gasteiger partial charge in [0.25, 0.3) is 0 Å². The second kappa shape index (κ2) is 5.48. The molecule has 0 aromatic heterocycles. The first-order valence-corrected chi connectivity index (χ1v) is 4.80. The second-order valence-corrected chi connectivity index (χ2v) is 3.25. The Morgan fingerprint density at radius 1 is 1.50 bits per heavy atom. The summed E-state index contributed by atoms with van der Waals surface area (Å²) in [6, 6.07) is 7.42. The third kappa shape index (κ3) is 2.63. The molecular weight excluding hydrogens is 198 g/mol. The summed E-state index contributed by atoms with van der Waals surface area (Å²) in [4.78, 5) is 0. The van der Waals surface area contributed by atoms with Crippen molar-refractivity contribution in [3.05, 3.63) is 28.8 Å². The van der Waals surface area contributed by atoms with Gasteiger partial charge in [-0.3, -0.25) is 0 Å². The Labute approximate surface area is 88.5 Å². The molecule has 4 heteroatoms. The molecule has 3 nitrogen and oxygen atoms in total. The number of nitrogens with zero attached hydrogens (tertiary/aromatic N) is 1. The fraction of sp³-hybridized carbons (Fsp3) is 0.300. The first kappa shape index (κ1) is 10.8.